The van der Waals surface area contributed by atoms with Gasteiger partial charge in [0, 0.05) is 18.7 Å². The van der Waals surface area contributed by atoms with Gasteiger partial charge in [-0.2, -0.15) is 5.10 Å². The van der Waals surface area contributed by atoms with E-state index in [0.29, 0.717) is 36.3 Å². The third-order valence-electron chi connectivity index (χ3n) is 3.06. The lowest BCUT2D eigenvalue weighted by Gasteiger charge is -2.21. The van der Waals surface area contributed by atoms with Crippen molar-refractivity contribution < 1.29 is 14.2 Å². The second-order valence-electron chi connectivity index (χ2n) is 4.25. The van der Waals surface area contributed by atoms with Crippen molar-refractivity contribution in [3.05, 3.63) is 18.2 Å². The fraction of sp³-hybridized carbons (Fsp3) is 0.308. The maximum absolute atomic E-state index is 5.81. The molecule has 19 heavy (non-hydrogen) atoms. The number of benzene rings is 1. The van der Waals surface area contributed by atoms with E-state index in [-0.39, 0.29) is 0 Å². The van der Waals surface area contributed by atoms with E-state index in [1.807, 2.05) is 12.1 Å². The van der Waals surface area contributed by atoms with Crippen LogP contribution in [0.15, 0.2) is 18.2 Å². The average Bonchev–Trinajstić information content (AvgIpc) is 2.77. The highest BCUT2D eigenvalue weighted by molar-refractivity contribution is 5.75. The summed E-state index contributed by atoms with van der Waals surface area (Å²) in [5.74, 6) is 2.52. The minimum atomic E-state index is 0.511. The van der Waals surface area contributed by atoms with E-state index in [2.05, 4.69) is 5.10 Å². The van der Waals surface area contributed by atoms with Crippen LogP contribution in [0.1, 0.15) is 0 Å². The van der Waals surface area contributed by atoms with Gasteiger partial charge in [-0.3, -0.25) is 4.68 Å². The molecule has 0 aliphatic carbocycles. The maximum atomic E-state index is 5.81. The van der Waals surface area contributed by atoms with Gasteiger partial charge in [0.25, 0.3) is 0 Å². The summed E-state index contributed by atoms with van der Waals surface area (Å²) >= 11 is 0. The second kappa shape index (κ2) is 4.38. The zero-order chi connectivity index (χ0) is 13.4. The molecule has 6 heteroatoms. The molecule has 0 spiro atoms. The Morgan fingerprint density at radius 1 is 1.32 bits per heavy atom. The molecule has 2 N–H and O–H groups in total. The van der Waals surface area contributed by atoms with Crippen LogP contribution in [-0.4, -0.2) is 30.1 Å². The molecule has 0 atom stereocenters. The van der Waals surface area contributed by atoms with Crippen LogP contribution in [0.5, 0.6) is 17.2 Å². The lowest BCUT2D eigenvalue weighted by molar-refractivity contribution is 0.165. The number of nitrogens with two attached hydrogens (primary N) is 1. The Balaban J connectivity index is 2.16. The summed E-state index contributed by atoms with van der Waals surface area (Å²) in [4.78, 5) is 0. The Bertz CT molecular complexity index is 602. The van der Waals surface area contributed by atoms with Crippen LogP contribution in [0.25, 0.3) is 11.3 Å². The van der Waals surface area contributed by atoms with Crippen molar-refractivity contribution in [3.63, 3.8) is 0 Å². The van der Waals surface area contributed by atoms with Crippen molar-refractivity contribution in [1.29, 1.82) is 0 Å². The Morgan fingerprint density at radius 3 is 2.79 bits per heavy atom. The summed E-state index contributed by atoms with van der Waals surface area (Å²) in [6.07, 6.45) is 0. The van der Waals surface area contributed by atoms with E-state index in [0.717, 1.165) is 11.3 Å². The van der Waals surface area contributed by atoms with E-state index >= 15 is 0 Å². The summed E-state index contributed by atoms with van der Waals surface area (Å²) in [7, 11) is 3.40. The summed E-state index contributed by atoms with van der Waals surface area (Å²) in [5.41, 5.74) is 7.39. The minimum absolute atomic E-state index is 0.511. The number of rotatable bonds is 2. The SMILES string of the molecule is COc1c(-c2cc(N)n(C)n2)ccc2c1OCCO2. The van der Waals surface area contributed by atoms with E-state index in [1.54, 1.807) is 24.9 Å². The smallest absolute Gasteiger partial charge is 0.204 e. The van der Waals surface area contributed by atoms with Crippen LogP contribution in [-0.2, 0) is 7.05 Å². The number of nitrogens with zero attached hydrogens (tertiary/aromatic N) is 2. The lowest BCUT2D eigenvalue weighted by atomic mass is 10.1. The predicted molar refractivity (Wildman–Crippen MR) is 70.6 cm³/mol. The highest BCUT2D eigenvalue weighted by Crippen LogP contribution is 2.45. The molecule has 2 aromatic rings. The van der Waals surface area contributed by atoms with Gasteiger partial charge in [0.2, 0.25) is 5.75 Å². The van der Waals surface area contributed by atoms with Gasteiger partial charge in [0.15, 0.2) is 11.5 Å². The number of nitrogen functional groups attached to an aromatic ring is 1. The fourth-order valence-corrected chi connectivity index (χ4v) is 2.11. The summed E-state index contributed by atoms with van der Waals surface area (Å²) in [5, 5.41) is 4.35. The number of hydrogen-bond acceptors (Lipinski definition) is 5. The van der Waals surface area contributed by atoms with Gasteiger partial charge in [-0.15, -0.1) is 0 Å². The molecule has 0 bridgehead atoms. The van der Waals surface area contributed by atoms with Gasteiger partial charge in [0.1, 0.15) is 19.0 Å². The van der Waals surface area contributed by atoms with Gasteiger partial charge in [-0.25, -0.2) is 0 Å². The van der Waals surface area contributed by atoms with E-state index in [9.17, 15) is 0 Å². The van der Waals surface area contributed by atoms with Crippen LogP contribution in [0, 0.1) is 0 Å². The van der Waals surface area contributed by atoms with Crippen LogP contribution < -0.4 is 19.9 Å². The first kappa shape index (κ1) is 11.7. The first-order chi connectivity index (χ1) is 9.20. The van der Waals surface area contributed by atoms with Gasteiger partial charge in [-0.1, -0.05) is 0 Å². The molecule has 0 unspecified atom stereocenters. The Morgan fingerprint density at radius 2 is 2.11 bits per heavy atom. The zero-order valence-electron chi connectivity index (χ0n) is 10.8. The number of hydrogen-bond donors (Lipinski definition) is 1. The van der Waals surface area contributed by atoms with Crippen molar-refractivity contribution in [2.45, 2.75) is 0 Å². The van der Waals surface area contributed by atoms with Gasteiger partial charge >= 0.3 is 0 Å². The van der Waals surface area contributed by atoms with Crippen molar-refractivity contribution in [3.8, 4) is 28.5 Å². The molecular weight excluding hydrogens is 246 g/mol. The number of aryl methyl sites for hydroxylation is 1. The molecule has 2 heterocycles. The molecule has 6 nitrogen and oxygen atoms in total. The van der Waals surface area contributed by atoms with Crippen LogP contribution in [0.2, 0.25) is 0 Å². The molecule has 0 radical (unpaired) electrons. The van der Waals surface area contributed by atoms with Crippen molar-refractivity contribution in [2.24, 2.45) is 7.05 Å². The van der Waals surface area contributed by atoms with E-state index in [4.69, 9.17) is 19.9 Å². The van der Waals surface area contributed by atoms with Gasteiger partial charge in [-0.05, 0) is 12.1 Å². The number of anilines is 1. The van der Waals surface area contributed by atoms with Crippen LogP contribution >= 0.6 is 0 Å². The molecule has 0 saturated carbocycles. The lowest BCUT2D eigenvalue weighted by Crippen LogP contribution is -2.16. The monoisotopic (exact) mass is 261 g/mol. The molecule has 1 aromatic carbocycles. The normalized spacial score (nSPS) is 13.4. The number of fused-ring (bicyclic) bond motifs is 1. The summed E-state index contributed by atoms with van der Waals surface area (Å²) in [6.45, 7) is 1.06. The molecule has 100 valence electrons. The van der Waals surface area contributed by atoms with Crippen LogP contribution in [0.4, 0.5) is 5.82 Å². The van der Waals surface area contributed by atoms with E-state index < -0.39 is 0 Å². The number of ether oxygens (including phenoxy) is 3. The Labute approximate surface area is 110 Å². The first-order valence-corrected chi connectivity index (χ1v) is 5.97. The third kappa shape index (κ3) is 1.85. The molecule has 1 aromatic heterocycles. The van der Waals surface area contributed by atoms with Crippen molar-refractivity contribution in [2.75, 3.05) is 26.1 Å². The number of aromatic nitrogens is 2. The molecular formula is C13H15N3O3. The topological polar surface area (TPSA) is 71.5 Å². The second-order valence-corrected chi connectivity index (χ2v) is 4.25. The van der Waals surface area contributed by atoms with Crippen molar-refractivity contribution >= 4 is 5.82 Å². The molecule has 0 amide bonds. The predicted octanol–water partition coefficient (Wildman–Crippen LogP) is 1.45. The minimum Gasteiger partial charge on any atom is -0.492 e. The Kier molecular flexibility index (Phi) is 2.70. The van der Waals surface area contributed by atoms with Crippen molar-refractivity contribution in [1.82, 2.24) is 9.78 Å². The fourth-order valence-electron chi connectivity index (χ4n) is 2.11. The number of methoxy groups -OCH3 is 1. The Hall–Kier alpha value is -2.37. The molecule has 1 aliphatic rings. The molecule has 1 aliphatic heterocycles. The maximum Gasteiger partial charge on any atom is 0.204 e. The summed E-state index contributed by atoms with van der Waals surface area (Å²) < 4.78 is 18.2. The molecule has 0 fully saturated rings. The first-order valence-electron chi connectivity index (χ1n) is 5.97. The zero-order valence-corrected chi connectivity index (χ0v) is 10.8. The van der Waals surface area contributed by atoms with Gasteiger partial charge in [0.05, 0.1) is 12.8 Å². The largest absolute Gasteiger partial charge is 0.492 e. The van der Waals surface area contributed by atoms with Gasteiger partial charge < -0.3 is 19.9 Å². The highest BCUT2D eigenvalue weighted by atomic mass is 16.6. The highest BCUT2D eigenvalue weighted by Gasteiger charge is 2.22. The molecule has 0 saturated heterocycles. The third-order valence-corrected chi connectivity index (χ3v) is 3.06. The van der Waals surface area contributed by atoms with Crippen LogP contribution in [0.3, 0.4) is 0 Å². The molecule has 3 rings (SSSR count). The summed E-state index contributed by atoms with van der Waals surface area (Å²) in [6, 6.07) is 5.55. The van der Waals surface area contributed by atoms with E-state index in [1.165, 1.54) is 0 Å². The average molecular weight is 261 g/mol. The standard InChI is InChI=1S/C13H15N3O3/c1-16-11(14)7-9(15-16)8-3-4-10-13(12(8)17-2)19-6-5-18-10/h3-4,7H,5-6,14H2,1-2H3. The quantitative estimate of drug-likeness (QED) is 0.885.